The summed E-state index contributed by atoms with van der Waals surface area (Å²) in [7, 11) is 0. The van der Waals surface area contributed by atoms with Crippen molar-refractivity contribution in [3.05, 3.63) is 35.4 Å². The smallest absolute Gasteiger partial charge is 0.227 e. The first-order chi connectivity index (χ1) is 9.52. The topological polar surface area (TPSA) is 29.5 Å². The van der Waals surface area contributed by atoms with E-state index < -0.39 is 11.6 Å². The van der Waals surface area contributed by atoms with Crippen molar-refractivity contribution < 1.29 is 18.3 Å². The van der Waals surface area contributed by atoms with Crippen molar-refractivity contribution in [2.45, 2.75) is 25.5 Å². The summed E-state index contributed by atoms with van der Waals surface area (Å²) in [5, 5.41) is 0.623. The molecule has 1 aliphatic heterocycles. The molecule has 1 aromatic rings. The van der Waals surface area contributed by atoms with Crippen LogP contribution in [-0.4, -0.2) is 41.4 Å². The highest BCUT2D eigenvalue weighted by Crippen LogP contribution is 2.18. The quantitative estimate of drug-likeness (QED) is 0.786. The van der Waals surface area contributed by atoms with Crippen molar-refractivity contribution in [3.8, 4) is 0 Å². The average molecular weight is 348 g/mol. The van der Waals surface area contributed by atoms with E-state index >= 15 is 0 Å². The van der Waals surface area contributed by atoms with Crippen molar-refractivity contribution >= 4 is 21.8 Å². The van der Waals surface area contributed by atoms with Crippen molar-refractivity contribution in [1.82, 2.24) is 4.90 Å². The standard InChI is InChI=1S/C14H16BrF2NO2/c1-9-8-20-10(6-15)7-18(9)14(19)5-11-12(16)3-2-4-13(11)17/h2-4,9-10H,5-8H2,1H3. The zero-order valence-electron chi connectivity index (χ0n) is 11.1. The normalized spacial score (nSPS) is 22.9. The van der Waals surface area contributed by atoms with Crippen molar-refractivity contribution in [3.63, 3.8) is 0 Å². The average Bonchev–Trinajstić information content (AvgIpc) is 2.43. The fourth-order valence-electron chi connectivity index (χ4n) is 2.21. The third kappa shape index (κ3) is 3.35. The number of hydrogen-bond acceptors (Lipinski definition) is 2. The SMILES string of the molecule is CC1COC(CBr)CN1C(=O)Cc1c(F)cccc1F. The third-order valence-corrected chi connectivity index (χ3v) is 4.11. The van der Waals surface area contributed by atoms with Gasteiger partial charge in [-0.25, -0.2) is 8.78 Å². The van der Waals surface area contributed by atoms with E-state index in [0.29, 0.717) is 18.5 Å². The monoisotopic (exact) mass is 347 g/mol. The van der Waals surface area contributed by atoms with Gasteiger partial charge >= 0.3 is 0 Å². The Morgan fingerprint density at radius 2 is 2.10 bits per heavy atom. The second-order valence-electron chi connectivity index (χ2n) is 4.88. The molecule has 6 heteroatoms. The maximum atomic E-state index is 13.6. The number of morpholine rings is 1. The van der Waals surface area contributed by atoms with Gasteiger partial charge in [-0.1, -0.05) is 22.0 Å². The Bertz CT molecular complexity index is 478. The highest BCUT2D eigenvalue weighted by atomic mass is 79.9. The summed E-state index contributed by atoms with van der Waals surface area (Å²) in [6, 6.07) is 3.52. The molecule has 0 radical (unpaired) electrons. The van der Waals surface area contributed by atoms with Crippen molar-refractivity contribution in [2.24, 2.45) is 0 Å². The van der Waals surface area contributed by atoms with Gasteiger partial charge in [0.2, 0.25) is 5.91 Å². The van der Waals surface area contributed by atoms with Gasteiger partial charge in [0, 0.05) is 17.4 Å². The van der Waals surface area contributed by atoms with Gasteiger partial charge in [-0.2, -0.15) is 0 Å². The van der Waals surface area contributed by atoms with E-state index in [4.69, 9.17) is 4.74 Å². The number of alkyl halides is 1. The number of ether oxygens (including phenoxy) is 1. The zero-order valence-corrected chi connectivity index (χ0v) is 12.7. The summed E-state index contributed by atoms with van der Waals surface area (Å²) in [6.07, 6.45) is -0.349. The first kappa shape index (κ1) is 15.4. The fraction of sp³-hybridized carbons (Fsp3) is 0.500. The molecule has 2 atom stereocenters. The largest absolute Gasteiger partial charge is 0.373 e. The summed E-state index contributed by atoms with van der Waals surface area (Å²) in [6.45, 7) is 2.73. The number of carbonyl (C=O) groups is 1. The minimum absolute atomic E-state index is 0.0828. The first-order valence-corrected chi connectivity index (χ1v) is 7.55. The van der Waals surface area contributed by atoms with Crippen LogP contribution < -0.4 is 0 Å². The predicted octanol–water partition coefficient (Wildman–Crippen LogP) is 2.52. The molecule has 1 aromatic carbocycles. The van der Waals surface area contributed by atoms with E-state index in [1.54, 1.807) is 4.90 Å². The van der Waals surface area contributed by atoms with Gasteiger partial charge in [-0.05, 0) is 19.1 Å². The Balaban J connectivity index is 2.11. The van der Waals surface area contributed by atoms with Crippen LogP contribution >= 0.6 is 15.9 Å². The van der Waals surface area contributed by atoms with Crippen LogP contribution in [0.25, 0.3) is 0 Å². The highest BCUT2D eigenvalue weighted by Gasteiger charge is 2.29. The van der Waals surface area contributed by atoms with Gasteiger partial charge < -0.3 is 9.64 Å². The van der Waals surface area contributed by atoms with Crippen LogP contribution in [0.5, 0.6) is 0 Å². The number of hydrogen-bond donors (Lipinski definition) is 0. The minimum Gasteiger partial charge on any atom is -0.373 e. The molecule has 0 aromatic heterocycles. The molecule has 2 unspecified atom stereocenters. The highest BCUT2D eigenvalue weighted by molar-refractivity contribution is 9.09. The molecule has 110 valence electrons. The van der Waals surface area contributed by atoms with Crippen molar-refractivity contribution in [2.75, 3.05) is 18.5 Å². The molecular formula is C14H16BrF2NO2. The summed E-state index contributed by atoms with van der Waals surface area (Å²) in [5.41, 5.74) is -0.174. The van der Waals surface area contributed by atoms with Crippen LogP contribution in [0.4, 0.5) is 8.78 Å². The zero-order chi connectivity index (χ0) is 14.7. The molecule has 1 saturated heterocycles. The molecule has 0 aliphatic carbocycles. The predicted molar refractivity (Wildman–Crippen MR) is 74.8 cm³/mol. The van der Waals surface area contributed by atoms with Crippen LogP contribution in [-0.2, 0) is 16.0 Å². The maximum absolute atomic E-state index is 13.6. The summed E-state index contributed by atoms with van der Waals surface area (Å²) in [5.74, 6) is -1.65. The lowest BCUT2D eigenvalue weighted by molar-refractivity contribution is -0.142. The van der Waals surface area contributed by atoms with E-state index in [2.05, 4.69) is 15.9 Å². The number of halogens is 3. The van der Waals surface area contributed by atoms with Crippen LogP contribution in [0.15, 0.2) is 18.2 Å². The molecular weight excluding hydrogens is 332 g/mol. The molecule has 1 aliphatic rings. The van der Waals surface area contributed by atoms with Gasteiger partial charge in [0.15, 0.2) is 0 Å². The number of nitrogens with zero attached hydrogens (tertiary/aromatic N) is 1. The summed E-state index contributed by atoms with van der Waals surface area (Å²) in [4.78, 5) is 13.9. The van der Waals surface area contributed by atoms with Gasteiger partial charge in [0.25, 0.3) is 0 Å². The number of amides is 1. The summed E-state index contributed by atoms with van der Waals surface area (Å²) < 4.78 is 32.7. The Morgan fingerprint density at radius 3 is 2.70 bits per heavy atom. The van der Waals surface area contributed by atoms with E-state index in [1.807, 2.05) is 6.92 Å². The lowest BCUT2D eigenvalue weighted by Gasteiger charge is -2.37. The Hall–Kier alpha value is -1.01. The van der Waals surface area contributed by atoms with Gasteiger partial charge in [0.05, 0.1) is 25.2 Å². The molecule has 2 rings (SSSR count). The van der Waals surface area contributed by atoms with Crippen molar-refractivity contribution in [1.29, 1.82) is 0 Å². The van der Waals surface area contributed by atoms with E-state index in [1.165, 1.54) is 6.07 Å². The number of carbonyl (C=O) groups excluding carboxylic acids is 1. The number of rotatable bonds is 3. The molecule has 0 N–H and O–H groups in total. The van der Waals surface area contributed by atoms with Gasteiger partial charge in [-0.3, -0.25) is 4.79 Å². The molecule has 1 heterocycles. The van der Waals surface area contributed by atoms with Crippen LogP contribution in [0.3, 0.4) is 0 Å². The van der Waals surface area contributed by atoms with Crippen LogP contribution in [0.2, 0.25) is 0 Å². The van der Waals surface area contributed by atoms with E-state index in [9.17, 15) is 13.6 Å². The molecule has 1 fully saturated rings. The van der Waals surface area contributed by atoms with E-state index in [-0.39, 0.29) is 30.0 Å². The molecule has 0 saturated carbocycles. The fourth-order valence-corrected chi connectivity index (χ4v) is 2.60. The first-order valence-electron chi connectivity index (χ1n) is 6.42. The second kappa shape index (κ2) is 6.63. The molecule has 1 amide bonds. The molecule has 20 heavy (non-hydrogen) atoms. The van der Waals surface area contributed by atoms with Gasteiger partial charge in [0.1, 0.15) is 11.6 Å². The van der Waals surface area contributed by atoms with Crippen LogP contribution in [0.1, 0.15) is 12.5 Å². The Morgan fingerprint density at radius 1 is 1.45 bits per heavy atom. The molecule has 0 spiro atoms. The Labute approximate surface area is 125 Å². The summed E-state index contributed by atoms with van der Waals surface area (Å²) >= 11 is 3.31. The van der Waals surface area contributed by atoms with Crippen LogP contribution in [0, 0.1) is 11.6 Å². The Kier molecular flexibility index (Phi) is 5.10. The third-order valence-electron chi connectivity index (χ3n) is 3.39. The minimum atomic E-state index is -0.684. The maximum Gasteiger partial charge on any atom is 0.227 e. The molecule has 3 nitrogen and oxygen atoms in total. The lowest BCUT2D eigenvalue weighted by atomic mass is 10.1. The van der Waals surface area contributed by atoms with E-state index in [0.717, 1.165) is 12.1 Å². The second-order valence-corrected chi connectivity index (χ2v) is 5.53. The molecule has 0 bridgehead atoms. The number of benzene rings is 1. The van der Waals surface area contributed by atoms with Gasteiger partial charge in [-0.15, -0.1) is 0 Å². The lowest BCUT2D eigenvalue weighted by Crippen LogP contribution is -2.52.